The van der Waals surface area contributed by atoms with Crippen molar-refractivity contribution < 1.29 is 4.42 Å². The van der Waals surface area contributed by atoms with Crippen molar-refractivity contribution in [1.82, 2.24) is 15.5 Å². The van der Waals surface area contributed by atoms with E-state index in [-0.39, 0.29) is 0 Å². The summed E-state index contributed by atoms with van der Waals surface area (Å²) in [5.74, 6) is 2.10. The van der Waals surface area contributed by atoms with E-state index in [1.54, 1.807) is 0 Å². The zero-order valence-electron chi connectivity index (χ0n) is 11.1. The fourth-order valence-corrected chi connectivity index (χ4v) is 2.71. The van der Waals surface area contributed by atoms with Crippen LogP contribution in [0.5, 0.6) is 0 Å². The summed E-state index contributed by atoms with van der Waals surface area (Å²) in [5, 5.41) is 11.5. The van der Waals surface area contributed by atoms with Gasteiger partial charge in [-0.3, -0.25) is 0 Å². The molecule has 0 bridgehead atoms. The van der Waals surface area contributed by atoms with Crippen molar-refractivity contribution >= 4 is 0 Å². The largest absolute Gasteiger partial charge is 0.425 e. The molecule has 0 aliphatic heterocycles. The van der Waals surface area contributed by atoms with Crippen molar-refractivity contribution in [2.45, 2.75) is 51.9 Å². The molecule has 0 amide bonds. The SMILES string of the molecule is CNCCCc1nnc(C2CCCC2(C)C)o1. The normalized spacial score (nSPS) is 23.1. The summed E-state index contributed by atoms with van der Waals surface area (Å²) >= 11 is 0. The quantitative estimate of drug-likeness (QED) is 0.799. The van der Waals surface area contributed by atoms with Gasteiger partial charge in [-0.2, -0.15) is 0 Å². The Balaban J connectivity index is 1.98. The Hall–Kier alpha value is -0.900. The third-order valence-corrected chi connectivity index (χ3v) is 3.86. The van der Waals surface area contributed by atoms with Crippen LogP contribution >= 0.6 is 0 Å². The Labute approximate surface area is 103 Å². The van der Waals surface area contributed by atoms with Crippen LogP contribution in [0.25, 0.3) is 0 Å². The molecular weight excluding hydrogens is 214 g/mol. The predicted octanol–water partition coefficient (Wildman–Crippen LogP) is 2.52. The van der Waals surface area contributed by atoms with Crippen LogP contribution in [0.2, 0.25) is 0 Å². The number of rotatable bonds is 5. The fourth-order valence-electron chi connectivity index (χ4n) is 2.71. The van der Waals surface area contributed by atoms with Gasteiger partial charge in [0.15, 0.2) is 0 Å². The van der Waals surface area contributed by atoms with E-state index in [2.05, 4.69) is 29.4 Å². The summed E-state index contributed by atoms with van der Waals surface area (Å²) in [5.41, 5.74) is 0.314. The molecule has 1 aliphatic rings. The third kappa shape index (κ3) is 2.86. The number of aromatic nitrogens is 2. The summed E-state index contributed by atoms with van der Waals surface area (Å²) < 4.78 is 5.80. The highest BCUT2D eigenvalue weighted by Gasteiger charge is 2.38. The molecule has 1 N–H and O–H groups in total. The third-order valence-electron chi connectivity index (χ3n) is 3.86. The van der Waals surface area contributed by atoms with Crippen molar-refractivity contribution in [3.8, 4) is 0 Å². The van der Waals surface area contributed by atoms with E-state index in [0.29, 0.717) is 11.3 Å². The summed E-state index contributed by atoms with van der Waals surface area (Å²) in [6.45, 7) is 5.59. The molecule has 1 aliphatic carbocycles. The molecule has 4 heteroatoms. The van der Waals surface area contributed by atoms with Crippen LogP contribution in [0.15, 0.2) is 4.42 Å². The maximum atomic E-state index is 5.80. The second kappa shape index (κ2) is 5.17. The molecule has 4 nitrogen and oxygen atoms in total. The van der Waals surface area contributed by atoms with E-state index >= 15 is 0 Å². The minimum absolute atomic E-state index is 0.314. The lowest BCUT2D eigenvalue weighted by atomic mass is 9.82. The Kier molecular flexibility index (Phi) is 3.82. The lowest BCUT2D eigenvalue weighted by Crippen LogP contribution is -2.15. The fraction of sp³-hybridized carbons (Fsp3) is 0.846. The van der Waals surface area contributed by atoms with Crippen LogP contribution in [0.3, 0.4) is 0 Å². The molecule has 0 aromatic carbocycles. The summed E-state index contributed by atoms with van der Waals surface area (Å²) in [4.78, 5) is 0. The van der Waals surface area contributed by atoms with E-state index in [1.165, 1.54) is 19.3 Å². The topological polar surface area (TPSA) is 51.0 Å². The van der Waals surface area contributed by atoms with Gasteiger partial charge in [0.25, 0.3) is 0 Å². The highest BCUT2D eigenvalue weighted by atomic mass is 16.4. The van der Waals surface area contributed by atoms with E-state index < -0.39 is 0 Å². The molecule has 0 saturated heterocycles. The van der Waals surface area contributed by atoms with Gasteiger partial charge in [-0.1, -0.05) is 20.3 Å². The van der Waals surface area contributed by atoms with Crippen LogP contribution in [-0.4, -0.2) is 23.8 Å². The van der Waals surface area contributed by atoms with Crippen LogP contribution in [0, 0.1) is 5.41 Å². The second-order valence-electron chi connectivity index (χ2n) is 5.67. The Morgan fingerprint density at radius 2 is 2.24 bits per heavy atom. The van der Waals surface area contributed by atoms with Gasteiger partial charge in [0, 0.05) is 12.3 Å². The van der Waals surface area contributed by atoms with E-state index in [9.17, 15) is 0 Å². The number of hydrogen-bond donors (Lipinski definition) is 1. The molecule has 0 radical (unpaired) electrons. The maximum Gasteiger partial charge on any atom is 0.220 e. The minimum Gasteiger partial charge on any atom is -0.425 e. The Morgan fingerprint density at radius 1 is 1.41 bits per heavy atom. The first-order valence-corrected chi connectivity index (χ1v) is 6.60. The van der Waals surface area contributed by atoms with Gasteiger partial charge in [0.2, 0.25) is 11.8 Å². The molecule has 1 aromatic heterocycles. The summed E-state index contributed by atoms with van der Waals surface area (Å²) in [6.07, 6.45) is 5.64. The van der Waals surface area contributed by atoms with Crippen molar-refractivity contribution in [3.63, 3.8) is 0 Å². The molecule has 2 rings (SSSR count). The van der Waals surface area contributed by atoms with Gasteiger partial charge in [0.05, 0.1) is 0 Å². The van der Waals surface area contributed by atoms with Crippen molar-refractivity contribution in [3.05, 3.63) is 11.8 Å². The average molecular weight is 237 g/mol. The van der Waals surface area contributed by atoms with Gasteiger partial charge < -0.3 is 9.73 Å². The Morgan fingerprint density at radius 3 is 2.88 bits per heavy atom. The van der Waals surface area contributed by atoms with Crippen molar-refractivity contribution in [1.29, 1.82) is 0 Å². The molecule has 1 aromatic rings. The summed E-state index contributed by atoms with van der Waals surface area (Å²) in [7, 11) is 1.96. The molecule has 1 heterocycles. The average Bonchev–Trinajstić information content (AvgIpc) is 2.85. The molecule has 0 spiro atoms. The van der Waals surface area contributed by atoms with Crippen molar-refractivity contribution in [2.75, 3.05) is 13.6 Å². The van der Waals surface area contributed by atoms with Gasteiger partial charge in [-0.05, 0) is 38.3 Å². The predicted molar refractivity (Wildman–Crippen MR) is 66.9 cm³/mol. The molecule has 1 fully saturated rings. The number of hydrogen-bond acceptors (Lipinski definition) is 4. The van der Waals surface area contributed by atoms with Crippen LogP contribution < -0.4 is 5.32 Å². The lowest BCUT2D eigenvalue weighted by molar-refractivity contribution is 0.280. The lowest BCUT2D eigenvalue weighted by Gasteiger charge is -2.23. The van der Waals surface area contributed by atoms with Crippen LogP contribution in [0.4, 0.5) is 0 Å². The summed E-state index contributed by atoms with van der Waals surface area (Å²) in [6, 6.07) is 0. The minimum atomic E-state index is 0.314. The van der Waals surface area contributed by atoms with Gasteiger partial charge in [-0.25, -0.2) is 0 Å². The molecule has 17 heavy (non-hydrogen) atoms. The Bertz CT molecular complexity index is 359. The zero-order chi connectivity index (χ0) is 12.3. The van der Waals surface area contributed by atoms with Crippen LogP contribution in [0.1, 0.15) is 57.2 Å². The molecule has 1 unspecified atom stereocenters. The van der Waals surface area contributed by atoms with Gasteiger partial charge in [-0.15, -0.1) is 10.2 Å². The first kappa shape index (κ1) is 12.6. The van der Waals surface area contributed by atoms with Crippen molar-refractivity contribution in [2.24, 2.45) is 5.41 Å². The first-order valence-electron chi connectivity index (χ1n) is 6.60. The highest BCUT2D eigenvalue weighted by molar-refractivity contribution is 5.02. The van der Waals surface area contributed by atoms with Crippen LogP contribution in [-0.2, 0) is 6.42 Å². The monoisotopic (exact) mass is 237 g/mol. The second-order valence-corrected chi connectivity index (χ2v) is 5.67. The number of nitrogens with zero attached hydrogens (tertiary/aromatic N) is 2. The van der Waals surface area contributed by atoms with Gasteiger partial charge >= 0.3 is 0 Å². The van der Waals surface area contributed by atoms with Gasteiger partial charge in [0.1, 0.15) is 0 Å². The molecule has 1 saturated carbocycles. The van der Waals surface area contributed by atoms with E-state index in [0.717, 1.165) is 31.2 Å². The van der Waals surface area contributed by atoms with E-state index in [1.807, 2.05) is 7.05 Å². The maximum absolute atomic E-state index is 5.80. The zero-order valence-corrected chi connectivity index (χ0v) is 11.1. The molecule has 96 valence electrons. The number of aryl methyl sites for hydroxylation is 1. The highest BCUT2D eigenvalue weighted by Crippen LogP contribution is 2.48. The molecule has 1 atom stereocenters. The standard InChI is InChI=1S/C13H23N3O/c1-13(2)8-4-6-10(13)12-16-15-11(17-12)7-5-9-14-3/h10,14H,4-9H2,1-3H3. The number of nitrogens with one attached hydrogen (secondary N) is 1. The smallest absolute Gasteiger partial charge is 0.220 e. The van der Waals surface area contributed by atoms with E-state index in [4.69, 9.17) is 4.42 Å². The molecular formula is C13H23N3O. The first-order chi connectivity index (χ1) is 8.13.